The van der Waals surface area contributed by atoms with Crippen molar-refractivity contribution in [2.24, 2.45) is 33.8 Å². The summed E-state index contributed by atoms with van der Waals surface area (Å²) >= 11 is 18.0. The lowest BCUT2D eigenvalue weighted by Gasteiger charge is -2.31. The van der Waals surface area contributed by atoms with Crippen LogP contribution in [0.1, 0.15) is 97.2 Å². The third kappa shape index (κ3) is 33.9. The number of carbonyl (C=O) groups excluding carboxylic acids is 17. The summed E-state index contributed by atoms with van der Waals surface area (Å²) in [5, 5.41) is 85.7. The number of benzene rings is 1. The van der Waals surface area contributed by atoms with Gasteiger partial charge in [0.25, 0.3) is 0 Å². The number of aliphatic carboxylic acids is 1. The molecule has 18 atom stereocenters. The van der Waals surface area contributed by atoms with Gasteiger partial charge in [-0.1, -0.05) is 26.0 Å². The van der Waals surface area contributed by atoms with E-state index in [4.69, 9.17) is 22.9 Å². The molecule has 0 saturated carbocycles. The standard InChI is InChI=1S/C73H115N23O23S5/c1-33(2)54(92-65(111)47(29-121)89-57(103)34(3)82-61(107)44(23-38-25-78-32-81-38)87-60(106)42(17-21-124-6)84-58(104)40(74)28-120)68(114)88-45(24-52(75)101)63(109)94-56(36(5)99)71(117)95-19-8-11-50(95)67(113)80-26-53(102)83-46(27-97)64(110)86-43(22-37-13-15-39(100)16-14-37)62(108)85-41(10-7-18-79-73(76)77)59(105)90-48(30-122)66(112)93-55(35(4)98)69(115)91-49(31-123)70(116)96-20-9-12-51(96)72(118)119/h13-16,25,32-36,40-51,54-56,97-100,120-123H,7-12,17-24,26-31,74H2,1-6H3,(H2,75,101)(H,78,81)(H,80,113)(H,82,107)(H,83,102)(H,84,104)(H,85,108)(H,86,110)(H,87,106)(H,88,114)(H,89,103)(H,90,105)(H,91,115)(H,92,111)(H,93,112)(H,94,109)(H,118,119)(H4,76,77,79)/t34-,35+,36+,40-,41-,42-,43-,44-,45-,46-,47-,48-,49-,50-,51-,54-,55-,56-/m0/s1. The van der Waals surface area contributed by atoms with E-state index in [0.29, 0.717) is 23.4 Å². The van der Waals surface area contributed by atoms with E-state index >= 15 is 0 Å². The molecule has 51 heteroatoms. The quantitative estimate of drug-likeness (QED) is 0.0127. The van der Waals surface area contributed by atoms with Crippen molar-refractivity contribution in [3.05, 3.63) is 48.0 Å². The number of amides is 17. The predicted octanol–water partition coefficient (Wildman–Crippen LogP) is -10.5. The van der Waals surface area contributed by atoms with Crippen LogP contribution in [0.4, 0.5) is 0 Å². The van der Waals surface area contributed by atoms with Gasteiger partial charge in [0, 0.05) is 67.4 Å². The Morgan fingerprint density at radius 2 is 1.01 bits per heavy atom. The SMILES string of the molecule is CSCC[C@H](NC(=O)[C@@H](N)CS)C(=O)N[C@@H](Cc1cnc[nH]1)C(=O)N[C@@H](C)C(=O)N[C@@H](CS)C(=O)N[C@H](C(=O)N[C@@H](CC(N)=O)C(=O)N[C@H](C(=O)N1CCC[C@H]1C(=O)NCC(=O)N[C@@H](CO)C(=O)N[C@@H](Cc1ccc(O)cc1)C(=O)N[C@@H](CCCN=C(N)N)C(=O)N[C@@H](CS)C(=O)N[C@H](C(=O)N[C@@H](CS)C(=O)N1CCC[C@H]1C(=O)O)[C@@H](C)O)[C@@H](C)O)C(C)C. The molecule has 0 aliphatic carbocycles. The number of guanidine groups is 1. The molecule has 1 aromatic heterocycles. The molecule has 28 N–H and O–H groups in total. The molecule has 1 aromatic carbocycles. The highest BCUT2D eigenvalue weighted by molar-refractivity contribution is 7.98. The second-order valence-corrected chi connectivity index (χ2v) is 32.0. The van der Waals surface area contributed by atoms with Crippen molar-refractivity contribution < 1.29 is 112 Å². The Bertz CT molecular complexity index is 4060. The number of aliphatic hydroxyl groups excluding tert-OH is 3. The highest BCUT2D eigenvalue weighted by Gasteiger charge is 2.44. The Morgan fingerprint density at radius 3 is 1.53 bits per heavy atom. The number of imidazole rings is 1. The first-order chi connectivity index (χ1) is 58.5. The van der Waals surface area contributed by atoms with Gasteiger partial charge in [-0.15, -0.1) is 0 Å². The van der Waals surface area contributed by atoms with Crippen molar-refractivity contribution in [3.63, 3.8) is 0 Å². The Morgan fingerprint density at radius 1 is 0.540 bits per heavy atom. The lowest BCUT2D eigenvalue weighted by atomic mass is 10.0. The van der Waals surface area contributed by atoms with Gasteiger partial charge in [-0.3, -0.25) is 86.5 Å². The van der Waals surface area contributed by atoms with Gasteiger partial charge in [0.05, 0.1) is 44.1 Å². The number of nitrogens with two attached hydrogens (primary N) is 4. The third-order valence-electron chi connectivity index (χ3n) is 19.5. The van der Waals surface area contributed by atoms with Gasteiger partial charge in [-0.05, 0) is 101 Å². The molecule has 690 valence electrons. The first-order valence-electron chi connectivity index (χ1n) is 39.3. The maximum atomic E-state index is 14.5. The number of H-pyrrole nitrogens is 1. The number of thioether (sulfide) groups is 1. The summed E-state index contributed by atoms with van der Waals surface area (Å²) in [4.78, 5) is 259. The summed E-state index contributed by atoms with van der Waals surface area (Å²) in [6, 6.07) is -19.1. The average Bonchev–Trinajstić information content (AvgIpc) is 1.63. The van der Waals surface area contributed by atoms with Crippen LogP contribution in [-0.4, -0.2) is 334 Å². The van der Waals surface area contributed by atoms with Crippen LogP contribution in [-0.2, 0) is 99.1 Å². The van der Waals surface area contributed by atoms with Crippen LogP contribution in [0.2, 0.25) is 0 Å². The van der Waals surface area contributed by atoms with E-state index in [9.17, 15) is 112 Å². The number of aliphatic imine (C=N–C) groups is 1. The number of hydrogen-bond donors (Lipinski definition) is 28. The summed E-state index contributed by atoms with van der Waals surface area (Å²) < 4.78 is 0. The number of phenolic OH excluding ortho intramolecular Hbond substituents is 1. The zero-order chi connectivity index (χ0) is 92.9. The van der Waals surface area contributed by atoms with Crippen LogP contribution in [0, 0.1) is 5.92 Å². The summed E-state index contributed by atoms with van der Waals surface area (Å²) in [6.07, 6.45) is 0.132. The first kappa shape index (κ1) is 106. The van der Waals surface area contributed by atoms with E-state index < -0.39 is 259 Å². The fraction of sp³-hybridized carbons (Fsp3) is 0.616. The van der Waals surface area contributed by atoms with Gasteiger partial charge in [0.1, 0.15) is 96.4 Å². The Kier molecular flexibility index (Phi) is 45.3. The van der Waals surface area contributed by atoms with E-state index in [1.165, 1.54) is 69.3 Å². The van der Waals surface area contributed by atoms with E-state index in [0.717, 1.165) is 23.6 Å². The normalized spacial score (nSPS) is 17.5. The smallest absolute Gasteiger partial charge is 0.326 e. The molecular formula is C73H115N23O23S5. The number of primary amides is 1. The molecule has 2 saturated heterocycles. The largest absolute Gasteiger partial charge is 0.508 e. The van der Waals surface area contributed by atoms with E-state index in [2.05, 4.69) is 140 Å². The lowest BCUT2D eigenvalue weighted by molar-refractivity contribution is -0.149. The average molecular weight is 1840 g/mol. The van der Waals surface area contributed by atoms with Gasteiger partial charge < -0.3 is 138 Å². The number of aliphatic hydroxyl groups is 3. The molecule has 3 heterocycles. The Balaban J connectivity index is 1.44. The minimum absolute atomic E-state index is 0.0179. The summed E-state index contributed by atoms with van der Waals surface area (Å²) in [7, 11) is 0. The number of hydrogen-bond acceptors (Lipinski definition) is 30. The maximum absolute atomic E-state index is 14.5. The van der Waals surface area contributed by atoms with Crippen molar-refractivity contribution in [2.45, 2.75) is 208 Å². The molecule has 124 heavy (non-hydrogen) atoms. The monoisotopic (exact) mass is 1840 g/mol. The van der Waals surface area contributed by atoms with Crippen molar-refractivity contribution in [2.75, 3.05) is 67.8 Å². The number of carbonyl (C=O) groups is 18. The van der Waals surface area contributed by atoms with Crippen molar-refractivity contribution in [1.29, 1.82) is 0 Å². The first-order valence-corrected chi connectivity index (χ1v) is 43.3. The highest BCUT2D eigenvalue weighted by atomic mass is 32.2. The number of aromatic amines is 1. The molecule has 17 amide bonds. The molecule has 0 bridgehead atoms. The summed E-state index contributed by atoms with van der Waals surface area (Å²) in [6.45, 7) is 4.22. The predicted molar refractivity (Wildman–Crippen MR) is 460 cm³/mol. The molecule has 2 aromatic rings. The topological polar surface area (TPSA) is 728 Å². The zero-order valence-electron chi connectivity index (χ0n) is 69.0. The number of likely N-dealkylation sites (tertiary alicyclic amines) is 2. The minimum atomic E-state index is -1.91. The molecule has 0 unspecified atom stereocenters. The number of nitrogens with zero attached hydrogens (tertiary/aromatic N) is 4. The summed E-state index contributed by atoms with van der Waals surface area (Å²) in [5.41, 5.74) is 23.1. The van der Waals surface area contributed by atoms with E-state index in [1.54, 1.807) is 6.26 Å². The van der Waals surface area contributed by atoms with Gasteiger partial charge in [-0.2, -0.15) is 62.3 Å². The number of aromatic hydroxyl groups is 1. The lowest BCUT2D eigenvalue weighted by Crippen LogP contribution is -2.62. The maximum Gasteiger partial charge on any atom is 0.326 e. The van der Waals surface area contributed by atoms with Crippen molar-refractivity contribution in [1.82, 2.24) is 94.2 Å². The van der Waals surface area contributed by atoms with Crippen LogP contribution in [0.15, 0.2) is 41.8 Å². The van der Waals surface area contributed by atoms with Crippen LogP contribution in [0.5, 0.6) is 5.75 Å². The minimum Gasteiger partial charge on any atom is -0.508 e. The molecule has 2 aliphatic heterocycles. The van der Waals surface area contributed by atoms with Crippen LogP contribution < -0.4 is 97.4 Å². The molecule has 0 radical (unpaired) electrons. The highest BCUT2D eigenvalue weighted by Crippen LogP contribution is 2.22. The molecule has 46 nitrogen and oxygen atoms in total. The van der Waals surface area contributed by atoms with E-state index in [-0.39, 0.29) is 87.8 Å². The van der Waals surface area contributed by atoms with Crippen molar-refractivity contribution in [3.8, 4) is 5.75 Å². The summed E-state index contributed by atoms with van der Waals surface area (Å²) in [5.74, 6) is -20.6. The van der Waals surface area contributed by atoms with Crippen LogP contribution >= 0.6 is 62.3 Å². The third-order valence-corrected chi connectivity index (χ3v) is 21.6. The van der Waals surface area contributed by atoms with Gasteiger partial charge in [-0.25, -0.2) is 9.78 Å². The van der Waals surface area contributed by atoms with Gasteiger partial charge in [0.15, 0.2) is 5.96 Å². The number of carboxylic acid groups (broad SMARTS) is 1. The Hall–Kier alpha value is -10.4. The molecular weight excluding hydrogens is 1730 g/mol. The number of nitrogens with one attached hydrogen (secondary N) is 15. The van der Waals surface area contributed by atoms with Gasteiger partial charge in [0.2, 0.25) is 100 Å². The van der Waals surface area contributed by atoms with Crippen LogP contribution in [0.25, 0.3) is 0 Å². The number of aromatic nitrogens is 2. The second-order valence-electron chi connectivity index (χ2n) is 29.5. The number of phenols is 1. The van der Waals surface area contributed by atoms with Crippen molar-refractivity contribution >= 4 is 175 Å². The fourth-order valence-electron chi connectivity index (χ4n) is 12.6. The Labute approximate surface area is 739 Å². The fourth-order valence-corrected chi connectivity index (χ4v) is 14.0. The molecule has 0 spiro atoms. The van der Waals surface area contributed by atoms with E-state index in [1.807, 2.05) is 0 Å². The van der Waals surface area contributed by atoms with Crippen LogP contribution in [0.3, 0.4) is 0 Å². The number of carboxylic acids is 1. The number of rotatable bonds is 52. The van der Waals surface area contributed by atoms with Gasteiger partial charge >= 0.3 is 5.97 Å². The zero-order valence-corrected chi connectivity index (χ0v) is 73.3. The molecule has 2 fully saturated rings. The molecule has 2 aliphatic rings. The number of thiol groups is 4. The molecule has 4 rings (SSSR count). The second kappa shape index (κ2) is 53.0.